The van der Waals surface area contributed by atoms with Gasteiger partial charge in [-0.25, -0.2) is 4.79 Å². The molecule has 0 atom stereocenters. The standard InChI is InChI=1S/C18H16N4O2/c1-4-24-18(23)17(12-21)16(9-13(10-19)11-20)14-5-7-15(8-6-14)22(2)3/h5-9H,4H2,1-3H3/b17-16+. The van der Waals surface area contributed by atoms with Crippen LogP contribution in [0.4, 0.5) is 5.69 Å². The van der Waals surface area contributed by atoms with Gasteiger partial charge in [0.2, 0.25) is 0 Å². The Balaban J connectivity index is 3.58. The molecule has 0 unspecified atom stereocenters. The second kappa shape index (κ2) is 8.78. The number of nitrogens with zero attached hydrogens (tertiary/aromatic N) is 4. The van der Waals surface area contributed by atoms with Crippen LogP contribution < -0.4 is 4.90 Å². The third-order valence-electron chi connectivity index (χ3n) is 3.08. The van der Waals surface area contributed by atoms with Crippen molar-refractivity contribution in [2.45, 2.75) is 6.92 Å². The van der Waals surface area contributed by atoms with Crippen molar-refractivity contribution in [3.8, 4) is 18.2 Å². The molecule has 0 radical (unpaired) electrons. The molecule has 24 heavy (non-hydrogen) atoms. The molecule has 6 nitrogen and oxygen atoms in total. The predicted octanol–water partition coefficient (Wildman–Crippen LogP) is 2.57. The lowest BCUT2D eigenvalue weighted by molar-refractivity contribution is -0.137. The topological polar surface area (TPSA) is 101 Å². The molecule has 0 bridgehead atoms. The molecule has 0 N–H and O–H groups in total. The smallest absolute Gasteiger partial charge is 0.349 e. The number of ether oxygens (including phenoxy) is 1. The second-order valence-corrected chi connectivity index (χ2v) is 4.84. The molecule has 6 heteroatoms. The number of hydrogen-bond acceptors (Lipinski definition) is 6. The Hall–Kier alpha value is -3.56. The Morgan fingerprint density at radius 1 is 1.12 bits per heavy atom. The van der Waals surface area contributed by atoms with Gasteiger partial charge in [0, 0.05) is 25.4 Å². The lowest BCUT2D eigenvalue weighted by atomic mass is 9.98. The third kappa shape index (κ3) is 4.47. The minimum absolute atomic E-state index is 0.115. The van der Waals surface area contributed by atoms with E-state index in [0.29, 0.717) is 5.56 Å². The molecule has 0 saturated carbocycles. The van der Waals surface area contributed by atoms with Crippen molar-refractivity contribution in [2.75, 3.05) is 25.6 Å². The first-order chi connectivity index (χ1) is 11.5. The first-order valence-electron chi connectivity index (χ1n) is 7.09. The summed E-state index contributed by atoms with van der Waals surface area (Å²) in [6, 6.07) is 12.3. The van der Waals surface area contributed by atoms with Gasteiger partial charge in [-0.05, 0) is 30.7 Å². The zero-order chi connectivity index (χ0) is 18.1. The quantitative estimate of drug-likeness (QED) is 0.358. The fourth-order valence-electron chi connectivity index (χ4n) is 1.89. The van der Waals surface area contributed by atoms with Crippen molar-refractivity contribution >= 4 is 17.2 Å². The summed E-state index contributed by atoms with van der Waals surface area (Å²) in [5, 5.41) is 27.3. The molecule has 0 aliphatic carbocycles. The molecule has 0 heterocycles. The minimum atomic E-state index is -0.793. The first kappa shape index (κ1) is 18.5. The number of allylic oxidation sites excluding steroid dienone is 3. The number of nitriles is 3. The molecular weight excluding hydrogens is 304 g/mol. The van der Waals surface area contributed by atoms with E-state index in [2.05, 4.69) is 0 Å². The Morgan fingerprint density at radius 3 is 2.12 bits per heavy atom. The molecule has 1 rings (SSSR count). The maximum absolute atomic E-state index is 12.0. The van der Waals surface area contributed by atoms with Crippen molar-refractivity contribution in [2.24, 2.45) is 0 Å². The monoisotopic (exact) mass is 320 g/mol. The number of esters is 1. The molecule has 0 amide bonds. The van der Waals surface area contributed by atoms with Crippen LogP contribution in [0.15, 0.2) is 41.5 Å². The third-order valence-corrected chi connectivity index (χ3v) is 3.08. The van der Waals surface area contributed by atoms with Gasteiger partial charge in [-0.2, -0.15) is 15.8 Å². The molecule has 0 saturated heterocycles. The zero-order valence-corrected chi connectivity index (χ0v) is 13.7. The summed E-state index contributed by atoms with van der Waals surface area (Å²) in [7, 11) is 3.77. The summed E-state index contributed by atoms with van der Waals surface area (Å²) >= 11 is 0. The summed E-state index contributed by atoms with van der Waals surface area (Å²) in [4.78, 5) is 13.9. The molecule has 0 spiro atoms. The van der Waals surface area contributed by atoms with Crippen molar-refractivity contribution in [1.82, 2.24) is 0 Å². The Labute approximate surface area is 141 Å². The van der Waals surface area contributed by atoms with E-state index < -0.39 is 5.97 Å². The summed E-state index contributed by atoms with van der Waals surface area (Å²) in [5.74, 6) is -0.793. The fourth-order valence-corrected chi connectivity index (χ4v) is 1.89. The van der Waals surface area contributed by atoms with Gasteiger partial charge >= 0.3 is 5.97 Å². The maximum Gasteiger partial charge on any atom is 0.349 e. The van der Waals surface area contributed by atoms with Crippen molar-refractivity contribution in [1.29, 1.82) is 15.8 Å². The summed E-state index contributed by atoms with van der Waals surface area (Å²) in [6.45, 7) is 1.74. The van der Waals surface area contributed by atoms with Crippen LogP contribution in [-0.2, 0) is 9.53 Å². The number of benzene rings is 1. The molecule has 1 aromatic rings. The van der Waals surface area contributed by atoms with Crippen molar-refractivity contribution < 1.29 is 9.53 Å². The average Bonchev–Trinajstić information content (AvgIpc) is 2.59. The van der Waals surface area contributed by atoms with E-state index in [-0.39, 0.29) is 23.3 Å². The maximum atomic E-state index is 12.0. The highest BCUT2D eigenvalue weighted by atomic mass is 16.5. The Kier molecular flexibility index (Phi) is 6.76. The van der Waals surface area contributed by atoms with Crippen molar-refractivity contribution in [3.05, 3.63) is 47.1 Å². The van der Waals surface area contributed by atoms with Crippen LogP contribution in [0.5, 0.6) is 0 Å². The zero-order valence-electron chi connectivity index (χ0n) is 13.7. The van der Waals surface area contributed by atoms with Crippen LogP contribution in [0, 0.1) is 34.0 Å². The van der Waals surface area contributed by atoms with E-state index in [9.17, 15) is 10.1 Å². The highest BCUT2D eigenvalue weighted by Gasteiger charge is 2.17. The van der Waals surface area contributed by atoms with Crippen LogP contribution >= 0.6 is 0 Å². The second-order valence-electron chi connectivity index (χ2n) is 4.84. The lowest BCUT2D eigenvalue weighted by Gasteiger charge is -2.13. The van der Waals surface area contributed by atoms with Crippen molar-refractivity contribution in [3.63, 3.8) is 0 Å². The predicted molar refractivity (Wildman–Crippen MR) is 89.2 cm³/mol. The lowest BCUT2D eigenvalue weighted by Crippen LogP contribution is -2.09. The highest BCUT2D eigenvalue weighted by Crippen LogP contribution is 2.25. The van der Waals surface area contributed by atoms with Crippen LogP contribution in [-0.4, -0.2) is 26.7 Å². The summed E-state index contributed by atoms with van der Waals surface area (Å²) in [6.07, 6.45) is 1.22. The van der Waals surface area contributed by atoms with Gasteiger partial charge < -0.3 is 9.64 Å². The van der Waals surface area contributed by atoms with E-state index in [4.69, 9.17) is 15.3 Å². The molecule has 1 aromatic carbocycles. The highest BCUT2D eigenvalue weighted by molar-refractivity contribution is 6.04. The van der Waals surface area contributed by atoms with E-state index in [1.165, 1.54) is 6.08 Å². The fraction of sp³-hybridized carbons (Fsp3) is 0.222. The van der Waals surface area contributed by atoms with Crippen LogP contribution in [0.25, 0.3) is 5.57 Å². The minimum Gasteiger partial charge on any atom is -0.462 e. The molecule has 0 aliphatic heterocycles. The largest absolute Gasteiger partial charge is 0.462 e. The SMILES string of the molecule is CCOC(=O)/C(C#N)=C(\C=C(C#N)C#N)c1ccc(N(C)C)cc1. The first-order valence-corrected chi connectivity index (χ1v) is 7.09. The van der Waals surface area contributed by atoms with Gasteiger partial charge in [0.05, 0.1) is 6.61 Å². The van der Waals surface area contributed by atoms with Gasteiger partial charge in [-0.15, -0.1) is 0 Å². The molecule has 0 fully saturated rings. The number of carbonyl (C=O) groups is 1. The Bertz CT molecular complexity index is 781. The number of anilines is 1. The van der Waals surface area contributed by atoms with Crippen LogP contribution in [0.2, 0.25) is 0 Å². The molecule has 120 valence electrons. The van der Waals surface area contributed by atoms with E-state index >= 15 is 0 Å². The molecular formula is C18H16N4O2. The van der Waals surface area contributed by atoms with Gasteiger partial charge in [-0.1, -0.05) is 12.1 Å². The van der Waals surface area contributed by atoms with E-state index in [1.54, 1.807) is 31.2 Å². The molecule has 0 aromatic heterocycles. The normalized spacial score (nSPS) is 10.3. The van der Waals surface area contributed by atoms with Gasteiger partial charge in [0.1, 0.15) is 29.4 Å². The Morgan fingerprint density at radius 2 is 1.71 bits per heavy atom. The molecule has 0 aliphatic rings. The summed E-state index contributed by atoms with van der Waals surface area (Å²) in [5.41, 5.74) is 1.18. The van der Waals surface area contributed by atoms with E-state index in [0.717, 1.165) is 5.69 Å². The summed E-state index contributed by atoms with van der Waals surface area (Å²) < 4.78 is 4.89. The van der Waals surface area contributed by atoms with Gasteiger partial charge in [0.15, 0.2) is 0 Å². The number of rotatable bonds is 5. The average molecular weight is 320 g/mol. The van der Waals surface area contributed by atoms with E-state index in [1.807, 2.05) is 37.2 Å². The number of hydrogen-bond donors (Lipinski definition) is 0. The van der Waals surface area contributed by atoms with Gasteiger partial charge in [-0.3, -0.25) is 0 Å². The van der Waals surface area contributed by atoms with Crippen LogP contribution in [0.1, 0.15) is 12.5 Å². The van der Waals surface area contributed by atoms with Crippen LogP contribution in [0.3, 0.4) is 0 Å². The number of carbonyl (C=O) groups excluding carboxylic acids is 1. The van der Waals surface area contributed by atoms with Gasteiger partial charge in [0.25, 0.3) is 0 Å².